The van der Waals surface area contributed by atoms with E-state index < -0.39 is 0 Å². The van der Waals surface area contributed by atoms with Crippen molar-refractivity contribution in [3.63, 3.8) is 0 Å². The number of ether oxygens (including phenoxy) is 1. The summed E-state index contributed by atoms with van der Waals surface area (Å²) in [7, 11) is 3.53. The molecule has 96 valence electrons. The van der Waals surface area contributed by atoms with E-state index in [0.29, 0.717) is 19.7 Å². The fourth-order valence-corrected chi connectivity index (χ4v) is 1.23. The van der Waals surface area contributed by atoms with Gasteiger partial charge < -0.3 is 15.0 Å². The molecular weight excluding hydrogens is 240 g/mol. The van der Waals surface area contributed by atoms with Crippen molar-refractivity contribution in [3.8, 4) is 5.75 Å². The highest BCUT2D eigenvalue weighted by atomic mass is 35.5. The maximum atomic E-state index is 11.4. The zero-order valence-electron chi connectivity index (χ0n) is 10.2. The molecule has 17 heavy (non-hydrogen) atoms. The number of benzene rings is 1. The van der Waals surface area contributed by atoms with E-state index in [4.69, 9.17) is 4.74 Å². The highest BCUT2D eigenvalue weighted by Gasteiger charge is 2.06. The maximum absolute atomic E-state index is 11.4. The lowest BCUT2D eigenvalue weighted by atomic mass is 10.3. The average Bonchev–Trinajstić information content (AvgIpc) is 2.30. The molecule has 0 spiro atoms. The third-order valence-electron chi connectivity index (χ3n) is 2.19. The number of carbonyl (C=O) groups excluding carboxylic acids is 1. The fourth-order valence-electron chi connectivity index (χ4n) is 1.23. The molecular formula is C12H19ClN2O2. The van der Waals surface area contributed by atoms with Crippen LogP contribution in [0.4, 0.5) is 0 Å². The number of rotatable bonds is 6. The molecule has 0 heterocycles. The van der Waals surface area contributed by atoms with Gasteiger partial charge in [0.15, 0.2) is 0 Å². The van der Waals surface area contributed by atoms with E-state index in [1.165, 1.54) is 0 Å². The number of halogens is 1. The summed E-state index contributed by atoms with van der Waals surface area (Å²) in [6, 6.07) is 9.58. The van der Waals surface area contributed by atoms with Gasteiger partial charge >= 0.3 is 0 Å². The average molecular weight is 259 g/mol. The molecule has 0 aliphatic heterocycles. The lowest BCUT2D eigenvalue weighted by Gasteiger charge is -2.17. The van der Waals surface area contributed by atoms with Crippen molar-refractivity contribution in [1.29, 1.82) is 0 Å². The van der Waals surface area contributed by atoms with Gasteiger partial charge in [-0.1, -0.05) is 18.2 Å². The predicted molar refractivity (Wildman–Crippen MR) is 70.7 cm³/mol. The van der Waals surface area contributed by atoms with Gasteiger partial charge in [0, 0.05) is 7.05 Å². The van der Waals surface area contributed by atoms with Gasteiger partial charge in [-0.15, -0.1) is 12.4 Å². The van der Waals surface area contributed by atoms with E-state index >= 15 is 0 Å². The first-order valence-electron chi connectivity index (χ1n) is 5.30. The number of carbonyl (C=O) groups is 1. The van der Waals surface area contributed by atoms with Crippen LogP contribution < -0.4 is 10.1 Å². The number of nitrogens with zero attached hydrogens (tertiary/aromatic N) is 1. The normalized spacial score (nSPS) is 9.29. The van der Waals surface area contributed by atoms with Gasteiger partial charge in [0.05, 0.1) is 13.1 Å². The Morgan fingerprint density at radius 1 is 1.35 bits per heavy atom. The second-order valence-electron chi connectivity index (χ2n) is 3.51. The quantitative estimate of drug-likeness (QED) is 0.833. The molecule has 1 aromatic rings. The van der Waals surface area contributed by atoms with Crippen molar-refractivity contribution in [3.05, 3.63) is 30.3 Å². The fraction of sp³-hybridized carbons (Fsp3) is 0.417. The summed E-state index contributed by atoms with van der Waals surface area (Å²) in [6.07, 6.45) is 0. The Hall–Kier alpha value is -1.26. The van der Waals surface area contributed by atoms with Crippen molar-refractivity contribution in [2.75, 3.05) is 33.8 Å². The van der Waals surface area contributed by atoms with Crippen molar-refractivity contribution in [2.24, 2.45) is 0 Å². The molecule has 0 aromatic heterocycles. The molecule has 0 saturated heterocycles. The molecule has 1 rings (SSSR count). The van der Waals surface area contributed by atoms with Crippen LogP contribution in [-0.2, 0) is 4.79 Å². The maximum Gasteiger partial charge on any atom is 0.236 e. The zero-order chi connectivity index (χ0) is 11.8. The molecule has 1 amide bonds. The van der Waals surface area contributed by atoms with Crippen molar-refractivity contribution in [2.45, 2.75) is 0 Å². The molecule has 0 aliphatic rings. The number of nitrogens with one attached hydrogen (secondary N) is 1. The molecule has 0 atom stereocenters. The molecule has 5 heteroatoms. The molecule has 0 aliphatic carbocycles. The Bertz CT molecular complexity index is 320. The second kappa shape index (κ2) is 8.84. The molecule has 1 aromatic carbocycles. The van der Waals surface area contributed by atoms with Gasteiger partial charge in [-0.25, -0.2) is 0 Å². The Morgan fingerprint density at radius 3 is 2.59 bits per heavy atom. The van der Waals surface area contributed by atoms with Crippen molar-refractivity contribution < 1.29 is 9.53 Å². The number of likely N-dealkylation sites (N-methyl/N-ethyl adjacent to an activating group) is 2. The first-order valence-corrected chi connectivity index (χ1v) is 5.30. The van der Waals surface area contributed by atoms with Gasteiger partial charge in [0.2, 0.25) is 5.91 Å². The van der Waals surface area contributed by atoms with Crippen LogP contribution in [0.3, 0.4) is 0 Å². The molecule has 0 fully saturated rings. The van der Waals surface area contributed by atoms with Crippen LogP contribution in [-0.4, -0.2) is 44.6 Å². The monoisotopic (exact) mass is 258 g/mol. The number of hydrogen-bond acceptors (Lipinski definition) is 3. The number of para-hydroxylation sites is 1. The van der Waals surface area contributed by atoms with Crippen LogP contribution in [0.15, 0.2) is 30.3 Å². The van der Waals surface area contributed by atoms with E-state index in [0.717, 1.165) is 5.75 Å². The Kier molecular flexibility index (Phi) is 8.19. The molecule has 4 nitrogen and oxygen atoms in total. The standard InChI is InChI=1S/C12H18N2O2.ClH/c1-13-10-12(15)14(2)8-9-16-11-6-4-3-5-7-11;/h3-7,13H,8-10H2,1-2H3;1H. The van der Waals surface area contributed by atoms with Crippen LogP contribution in [0, 0.1) is 0 Å². The summed E-state index contributed by atoms with van der Waals surface area (Å²) in [4.78, 5) is 13.0. The third kappa shape index (κ3) is 6.14. The summed E-state index contributed by atoms with van der Waals surface area (Å²) >= 11 is 0. The Morgan fingerprint density at radius 2 is 2.00 bits per heavy atom. The lowest BCUT2D eigenvalue weighted by molar-refractivity contribution is -0.129. The first-order chi connectivity index (χ1) is 7.74. The smallest absolute Gasteiger partial charge is 0.236 e. The van der Waals surface area contributed by atoms with Gasteiger partial charge in [0.1, 0.15) is 12.4 Å². The van der Waals surface area contributed by atoms with Gasteiger partial charge in [0.25, 0.3) is 0 Å². The van der Waals surface area contributed by atoms with Crippen LogP contribution in [0.2, 0.25) is 0 Å². The lowest BCUT2D eigenvalue weighted by Crippen LogP contribution is -2.36. The van der Waals surface area contributed by atoms with Gasteiger partial charge in [-0.05, 0) is 19.2 Å². The minimum absolute atomic E-state index is 0. The predicted octanol–water partition coefficient (Wildman–Crippen LogP) is 1.16. The topological polar surface area (TPSA) is 41.6 Å². The Balaban J connectivity index is 0.00000256. The molecule has 1 N–H and O–H groups in total. The summed E-state index contributed by atoms with van der Waals surface area (Å²) in [6.45, 7) is 1.47. The second-order valence-corrected chi connectivity index (χ2v) is 3.51. The molecule has 0 bridgehead atoms. The first kappa shape index (κ1) is 15.7. The zero-order valence-corrected chi connectivity index (χ0v) is 11.0. The van der Waals surface area contributed by atoms with Crippen molar-refractivity contribution >= 4 is 18.3 Å². The van der Waals surface area contributed by atoms with E-state index in [9.17, 15) is 4.79 Å². The minimum atomic E-state index is 0. The van der Waals surface area contributed by atoms with Crippen LogP contribution in [0.5, 0.6) is 5.75 Å². The molecule has 0 saturated carbocycles. The molecule has 0 radical (unpaired) electrons. The van der Waals surface area contributed by atoms with Crippen LogP contribution >= 0.6 is 12.4 Å². The van der Waals surface area contributed by atoms with Gasteiger partial charge in [-0.2, -0.15) is 0 Å². The van der Waals surface area contributed by atoms with Crippen molar-refractivity contribution in [1.82, 2.24) is 10.2 Å². The highest BCUT2D eigenvalue weighted by Crippen LogP contribution is 2.07. The summed E-state index contributed by atoms with van der Waals surface area (Å²) in [5.41, 5.74) is 0. The Labute approximate surface area is 108 Å². The van der Waals surface area contributed by atoms with Crippen LogP contribution in [0.25, 0.3) is 0 Å². The summed E-state index contributed by atoms with van der Waals surface area (Å²) in [5.74, 6) is 0.899. The SMILES string of the molecule is CNCC(=O)N(C)CCOc1ccccc1.Cl. The van der Waals surface area contributed by atoms with Gasteiger partial charge in [-0.3, -0.25) is 4.79 Å². The number of hydrogen-bond donors (Lipinski definition) is 1. The van der Waals surface area contributed by atoms with E-state index in [1.54, 1.807) is 19.0 Å². The minimum Gasteiger partial charge on any atom is -0.492 e. The molecule has 0 unspecified atom stereocenters. The number of amides is 1. The van der Waals surface area contributed by atoms with E-state index in [-0.39, 0.29) is 18.3 Å². The third-order valence-corrected chi connectivity index (χ3v) is 2.19. The summed E-state index contributed by atoms with van der Waals surface area (Å²) < 4.78 is 5.49. The van der Waals surface area contributed by atoms with E-state index in [1.807, 2.05) is 30.3 Å². The van der Waals surface area contributed by atoms with Crippen LogP contribution in [0.1, 0.15) is 0 Å². The summed E-state index contributed by atoms with van der Waals surface area (Å²) in [5, 5.41) is 2.82. The highest BCUT2D eigenvalue weighted by molar-refractivity contribution is 5.85. The largest absolute Gasteiger partial charge is 0.492 e. The van der Waals surface area contributed by atoms with E-state index in [2.05, 4.69) is 5.32 Å².